The third kappa shape index (κ3) is 2.08. The molecule has 1 aromatic carbocycles. The Morgan fingerprint density at radius 2 is 1.94 bits per heavy atom. The molecule has 0 amide bonds. The first-order chi connectivity index (χ1) is 8.09. The van der Waals surface area contributed by atoms with Gasteiger partial charge >= 0.3 is 5.97 Å². The van der Waals surface area contributed by atoms with Crippen molar-refractivity contribution in [2.75, 3.05) is 0 Å². The van der Waals surface area contributed by atoms with Crippen LogP contribution >= 0.6 is 0 Å². The highest BCUT2D eigenvalue weighted by Crippen LogP contribution is 2.09. The molecule has 2 aromatic rings. The third-order valence-corrected chi connectivity index (χ3v) is 2.36. The van der Waals surface area contributed by atoms with Crippen LogP contribution in [0.5, 0.6) is 0 Å². The van der Waals surface area contributed by atoms with Crippen molar-refractivity contribution in [1.82, 2.24) is 9.78 Å². The van der Waals surface area contributed by atoms with Crippen molar-refractivity contribution < 1.29 is 9.90 Å². The van der Waals surface area contributed by atoms with E-state index in [9.17, 15) is 9.59 Å². The maximum Gasteiger partial charge on any atom is 0.356 e. The van der Waals surface area contributed by atoms with E-state index < -0.39 is 5.97 Å². The Morgan fingerprint density at radius 1 is 1.24 bits per heavy atom. The van der Waals surface area contributed by atoms with E-state index in [0.717, 1.165) is 10.2 Å². The van der Waals surface area contributed by atoms with Gasteiger partial charge in [0.15, 0.2) is 5.69 Å². The second kappa shape index (κ2) is 4.21. The molecule has 0 fully saturated rings. The molecule has 0 bridgehead atoms. The average molecular weight is 230 g/mol. The van der Waals surface area contributed by atoms with E-state index in [2.05, 4.69) is 5.10 Å². The molecule has 1 aromatic heterocycles. The van der Waals surface area contributed by atoms with Crippen molar-refractivity contribution in [3.63, 3.8) is 0 Å². The van der Waals surface area contributed by atoms with Crippen LogP contribution in [0.2, 0.25) is 0 Å². The number of carboxylic acid groups (broad SMARTS) is 1. The highest BCUT2D eigenvalue weighted by atomic mass is 16.4. The van der Waals surface area contributed by atoms with Crippen LogP contribution in [-0.2, 0) is 0 Å². The summed E-state index contributed by atoms with van der Waals surface area (Å²) in [5.74, 6) is -1.16. The summed E-state index contributed by atoms with van der Waals surface area (Å²) in [5, 5.41) is 12.6. The molecule has 0 radical (unpaired) electrons. The maximum absolute atomic E-state index is 11.7. The Hall–Kier alpha value is -2.43. The van der Waals surface area contributed by atoms with Gasteiger partial charge in [-0.1, -0.05) is 18.2 Å². The van der Waals surface area contributed by atoms with E-state index >= 15 is 0 Å². The summed E-state index contributed by atoms with van der Waals surface area (Å²) >= 11 is 0. The summed E-state index contributed by atoms with van der Waals surface area (Å²) in [5.41, 5.74) is 0.919. The number of nitrogens with zero attached hydrogens (tertiary/aromatic N) is 2. The molecule has 0 spiro atoms. The van der Waals surface area contributed by atoms with Crippen molar-refractivity contribution >= 4 is 5.97 Å². The van der Waals surface area contributed by atoms with E-state index in [4.69, 9.17) is 5.11 Å². The zero-order valence-electron chi connectivity index (χ0n) is 9.12. The minimum absolute atomic E-state index is 0.159. The van der Waals surface area contributed by atoms with Gasteiger partial charge in [-0.2, -0.15) is 9.78 Å². The molecule has 5 heteroatoms. The van der Waals surface area contributed by atoms with Gasteiger partial charge in [0.05, 0.1) is 5.69 Å². The first kappa shape index (κ1) is 11.1. The summed E-state index contributed by atoms with van der Waals surface area (Å²) in [6.45, 7) is 1.83. The molecule has 0 atom stereocenters. The van der Waals surface area contributed by atoms with Crippen LogP contribution in [0.3, 0.4) is 0 Å². The van der Waals surface area contributed by atoms with Crippen molar-refractivity contribution in [3.05, 3.63) is 58.0 Å². The predicted octanol–water partition coefficient (Wildman–Crippen LogP) is 1.24. The zero-order valence-corrected chi connectivity index (χ0v) is 9.12. The Kier molecular flexibility index (Phi) is 2.74. The van der Waals surface area contributed by atoms with E-state index in [0.29, 0.717) is 5.69 Å². The molecule has 5 nitrogen and oxygen atoms in total. The maximum atomic E-state index is 11.7. The molecule has 2 rings (SSSR count). The number of aryl methyl sites for hydroxylation is 1. The van der Waals surface area contributed by atoms with E-state index in [1.54, 1.807) is 12.1 Å². The Labute approximate surface area is 97.0 Å². The Bertz CT molecular complexity index is 632. The van der Waals surface area contributed by atoms with Gasteiger partial charge in [-0.05, 0) is 24.6 Å². The van der Waals surface area contributed by atoms with Gasteiger partial charge in [-0.15, -0.1) is 0 Å². The second-order valence-corrected chi connectivity index (χ2v) is 3.56. The normalized spacial score (nSPS) is 10.2. The summed E-state index contributed by atoms with van der Waals surface area (Å²) in [7, 11) is 0. The first-order valence-corrected chi connectivity index (χ1v) is 4.99. The highest BCUT2D eigenvalue weighted by molar-refractivity contribution is 5.84. The number of aromatic nitrogens is 2. The topological polar surface area (TPSA) is 72.2 Å². The predicted molar refractivity (Wildman–Crippen MR) is 61.5 cm³/mol. The van der Waals surface area contributed by atoms with Crippen LogP contribution in [0.15, 0.2) is 41.2 Å². The summed E-state index contributed by atoms with van der Waals surface area (Å²) in [6, 6.07) is 9.55. The Balaban J connectivity index is 2.67. The number of benzene rings is 1. The van der Waals surface area contributed by atoms with Gasteiger partial charge in [0.2, 0.25) is 0 Å². The van der Waals surface area contributed by atoms with Crippen LogP contribution in [0.25, 0.3) is 5.69 Å². The van der Waals surface area contributed by atoms with E-state index in [1.165, 1.54) is 12.1 Å². The van der Waals surface area contributed by atoms with Gasteiger partial charge < -0.3 is 5.11 Å². The van der Waals surface area contributed by atoms with E-state index in [1.807, 2.05) is 19.1 Å². The molecule has 0 aliphatic rings. The molecule has 1 N–H and O–H groups in total. The monoisotopic (exact) mass is 230 g/mol. The van der Waals surface area contributed by atoms with Crippen molar-refractivity contribution in [1.29, 1.82) is 0 Å². The number of carbonyl (C=O) groups is 1. The van der Waals surface area contributed by atoms with Crippen LogP contribution in [0, 0.1) is 6.92 Å². The zero-order chi connectivity index (χ0) is 12.4. The molecule has 86 valence electrons. The van der Waals surface area contributed by atoms with Crippen LogP contribution in [0.1, 0.15) is 16.1 Å². The quantitative estimate of drug-likeness (QED) is 0.842. The molecule has 0 saturated carbocycles. The first-order valence-electron chi connectivity index (χ1n) is 4.99. The molecular formula is C12H10N2O3. The minimum Gasteiger partial charge on any atom is -0.476 e. The molecule has 0 aliphatic heterocycles. The smallest absolute Gasteiger partial charge is 0.356 e. The summed E-state index contributed by atoms with van der Waals surface area (Å²) in [4.78, 5) is 22.5. The molecule has 0 saturated heterocycles. The van der Waals surface area contributed by atoms with Crippen molar-refractivity contribution in [3.8, 4) is 5.69 Å². The molecular weight excluding hydrogens is 220 g/mol. The molecule has 1 heterocycles. The average Bonchev–Trinajstić information content (AvgIpc) is 2.30. The Morgan fingerprint density at radius 3 is 2.59 bits per heavy atom. The lowest BCUT2D eigenvalue weighted by Gasteiger charge is -2.07. The van der Waals surface area contributed by atoms with Gasteiger partial charge in [-0.25, -0.2) is 4.79 Å². The fourth-order valence-electron chi connectivity index (χ4n) is 1.50. The van der Waals surface area contributed by atoms with Crippen LogP contribution in [-0.4, -0.2) is 20.9 Å². The lowest BCUT2D eigenvalue weighted by atomic mass is 10.2. The highest BCUT2D eigenvalue weighted by Gasteiger charge is 2.09. The number of hydrogen-bond donors (Lipinski definition) is 1. The number of hydrogen-bond acceptors (Lipinski definition) is 3. The second-order valence-electron chi connectivity index (χ2n) is 3.56. The number of para-hydroxylation sites is 1. The number of carboxylic acids is 1. The van der Waals surface area contributed by atoms with Gasteiger partial charge in [0, 0.05) is 6.07 Å². The third-order valence-electron chi connectivity index (χ3n) is 2.36. The van der Waals surface area contributed by atoms with E-state index in [-0.39, 0.29) is 11.3 Å². The standard InChI is InChI=1S/C12H10N2O3/c1-8-4-2-3-5-10(8)14-11(15)7-6-9(13-14)12(16)17/h2-7H,1H3,(H,16,17). The van der Waals surface area contributed by atoms with Gasteiger partial charge in [0.25, 0.3) is 5.56 Å². The van der Waals surface area contributed by atoms with Gasteiger partial charge in [0.1, 0.15) is 0 Å². The van der Waals surface area contributed by atoms with Gasteiger partial charge in [-0.3, -0.25) is 4.79 Å². The van der Waals surface area contributed by atoms with Crippen LogP contribution < -0.4 is 5.56 Å². The molecule has 17 heavy (non-hydrogen) atoms. The lowest BCUT2D eigenvalue weighted by molar-refractivity contribution is 0.0688. The molecule has 0 aliphatic carbocycles. The summed E-state index contributed by atoms with van der Waals surface area (Å²) < 4.78 is 1.10. The fraction of sp³-hybridized carbons (Fsp3) is 0.0833. The van der Waals surface area contributed by atoms with Crippen molar-refractivity contribution in [2.24, 2.45) is 0 Å². The number of aromatic carboxylic acids is 1. The lowest BCUT2D eigenvalue weighted by Crippen LogP contribution is -2.23. The number of rotatable bonds is 2. The molecule has 0 unspecified atom stereocenters. The fourth-order valence-corrected chi connectivity index (χ4v) is 1.50. The minimum atomic E-state index is -1.16. The van der Waals surface area contributed by atoms with Crippen molar-refractivity contribution in [2.45, 2.75) is 6.92 Å². The van der Waals surface area contributed by atoms with Crippen LogP contribution in [0.4, 0.5) is 0 Å². The summed E-state index contributed by atoms with van der Waals surface area (Å²) in [6.07, 6.45) is 0. The SMILES string of the molecule is Cc1ccccc1-n1nc(C(=O)O)ccc1=O. The largest absolute Gasteiger partial charge is 0.476 e.